The lowest BCUT2D eigenvalue weighted by Gasteiger charge is -2.11. The molecule has 16 heavy (non-hydrogen) atoms. The molecule has 0 spiro atoms. The molecule has 1 aromatic heterocycles. The van der Waals surface area contributed by atoms with Gasteiger partial charge < -0.3 is 15.7 Å². The highest BCUT2D eigenvalue weighted by molar-refractivity contribution is 6.28. The van der Waals surface area contributed by atoms with Crippen LogP contribution in [0.15, 0.2) is 0 Å². The molecule has 0 aliphatic heterocycles. The average molecular weight is 246 g/mol. The fourth-order valence-electron chi connectivity index (χ4n) is 1.13. The molecule has 1 atom stereocenters. The van der Waals surface area contributed by atoms with E-state index in [0.29, 0.717) is 24.4 Å². The highest BCUT2D eigenvalue weighted by atomic mass is 35.5. The van der Waals surface area contributed by atoms with Crippen molar-refractivity contribution in [1.82, 2.24) is 15.0 Å². The molecule has 90 valence electrons. The average Bonchev–Trinajstić information content (AvgIpc) is 2.26. The summed E-state index contributed by atoms with van der Waals surface area (Å²) in [5, 5.41) is 14.8. The topological polar surface area (TPSA) is 83.0 Å². The van der Waals surface area contributed by atoms with Crippen LogP contribution in [0.3, 0.4) is 0 Å². The van der Waals surface area contributed by atoms with Gasteiger partial charge in [-0.25, -0.2) is 0 Å². The van der Waals surface area contributed by atoms with Gasteiger partial charge in [-0.05, 0) is 23.9 Å². The van der Waals surface area contributed by atoms with Gasteiger partial charge in [0.15, 0.2) is 0 Å². The van der Waals surface area contributed by atoms with Crippen LogP contribution in [0.25, 0.3) is 0 Å². The van der Waals surface area contributed by atoms with Gasteiger partial charge in [-0.15, -0.1) is 0 Å². The van der Waals surface area contributed by atoms with Gasteiger partial charge in [-0.1, -0.05) is 6.92 Å². The maximum Gasteiger partial charge on any atom is 0.228 e. The Bertz CT molecular complexity index is 336. The van der Waals surface area contributed by atoms with E-state index >= 15 is 0 Å². The second kappa shape index (κ2) is 6.44. The van der Waals surface area contributed by atoms with E-state index < -0.39 is 0 Å². The maximum atomic E-state index is 8.76. The van der Waals surface area contributed by atoms with Gasteiger partial charge in [0.1, 0.15) is 0 Å². The fraction of sp³-hybridized carbons (Fsp3) is 0.667. The second-order valence-corrected chi connectivity index (χ2v) is 3.84. The van der Waals surface area contributed by atoms with Crippen LogP contribution in [0, 0.1) is 5.92 Å². The monoisotopic (exact) mass is 245 g/mol. The summed E-state index contributed by atoms with van der Waals surface area (Å²) in [7, 11) is 1.71. The summed E-state index contributed by atoms with van der Waals surface area (Å²) in [6.45, 7) is 2.90. The van der Waals surface area contributed by atoms with E-state index in [9.17, 15) is 0 Å². The van der Waals surface area contributed by atoms with Crippen LogP contribution < -0.4 is 10.6 Å². The predicted molar refractivity (Wildman–Crippen MR) is 63.7 cm³/mol. The molecule has 1 aromatic rings. The number of halogens is 1. The van der Waals surface area contributed by atoms with E-state index in [1.54, 1.807) is 7.05 Å². The first kappa shape index (κ1) is 12.9. The molecule has 0 saturated carbocycles. The first-order valence-corrected chi connectivity index (χ1v) is 5.47. The van der Waals surface area contributed by atoms with Crippen LogP contribution in [0.5, 0.6) is 0 Å². The lowest BCUT2D eigenvalue weighted by Crippen LogP contribution is -2.15. The molecular formula is C9H16ClN5O. The van der Waals surface area contributed by atoms with Gasteiger partial charge in [0, 0.05) is 20.2 Å². The Labute approximate surface area is 99.5 Å². The molecule has 6 nitrogen and oxygen atoms in total. The number of rotatable bonds is 6. The molecule has 7 heteroatoms. The molecular weight excluding hydrogens is 230 g/mol. The molecule has 1 unspecified atom stereocenters. The quantitative estimate of drug-likeness (QED) is 0.694. The summed E-state index contributed by atoms with van der Waals surface area (Å²) >= 11 is 5.72. The minimum atomic E-state index is 0.150. The van der Waals surface area contributed by atoms with Gasteiger partial charge in [-0.3, -0.25) is 0 Å². The standard InChI is InChI=1S/C9H16ClN5O/c1-6(3-4-16)5-12-9-14-7(10)13-8(11-2)15-9/h6,16H,3-5H2,1-2H3,(H2,11,12,13,14,15). The molecule has 1 rings (SSSR count). The Morgan fingerprint density at radius 2 is 2.00 bits per heavy atom. The van der Waals surface area contributed by atoms with Gasteiger partial charge in [0.05, 0.1) is 0 Å². The van der Waals surface area contributed by atoms with Gasteiger partial charge in [0.25, 0.3) is 0 Å². The third-order valence-corrected chi connectivity index (χ3v) is 2.23. The zero-order valence-corrected chi connectivity index (χ0v) is 10.1. The number of aliphatic hydroxyl groups is 1. The predicted octanol–water partition coefficient (Wildman–Crippen LogP) is 0.997. The number of hydrogen-bond acceptors (Lipinski definition) is 6. The van der Waals surface area contributed by atoms with Crippen LogP contribution in [0.4, 0.5) is 11.9 Å². The van der Waals surface area contributed by atoms with Crippen LogP contribution in [-0.2, 0) is 0 Å². The SMILES string of the molecule is CNc1nc(Cl)nc(NCC(C)CCO)n1. The lowest BCUT2D eigenvalue weighted by molar-refractivity contribution is 0.265. The Morgan fingerprint density at radius 1 is 1.31 bits per heavy atom. The summed E-state index contributed by atoms with van der Waals surface area (Å²) in [5.41, 5.74) is 0. The van der Waals surface area contributed by atoms with E-state index in [4.69, 9.17) is 16.7 Å². The number of nitrogens with zero attached hydrogens (tertiary/aromatic N) is 3. The van der Waals surface area contributed by atoms with Crippen LogP contribution in [0.2, 0.25) is 5.28 Å². The smallest absolute Gasteiger partial charge is 0.228 e. The van der Waals surface area contributed by atoms with E-state index in [-0.39, 0.29) is 11.9 Å². The zero-order chi connectivity index (χ0) is 12.0. The van der Waals surface area contributed by atoms with Crippen molar-refractivity contribution in [3.05, 3.63) is 5.28 Å². The van der Waals surface area contributed by atoms with E-state index in [0.717, 1.165) is 6.42 Å². The first-order chi connectivity index (χ1) is 7.65. The summed E-state index contributed by atoms with van der Waals surface area (Å²) in [6, 6.07) is 0. The Morgan fingerprint density at radius 3 is 2.62 bits per heavy atom. The molecule has 0 aliphatic carbocycles. The van der Waals surface area contributed by atoms with E-state index in [1.807, 2.05) is 6.92 Å². The lowest BCUT2D eigenvalue weighted by atomic mass is 10.1. The van der Waals surface area contributed by atoms with Crippen molar-refractivity contribution in [2.24, 2.45) is 5.92 Å². The van der Waals surface area contributed by atoms with Crippen molar-refractivity contribution in [3.63, 3.8) is 0 Å². The normalized spacial score (nSPS) is 12.2. The van der Waals surface area contributed by atoms with Crippen molar-refractivity contribution >= 4 is 23.5 Å². The summed E-state index contributed by atoms with van der Waals surface area (Å²) in [4.78, 5) is 11.9. The molecule has 0 fully saturated rings. The molecule has 0 radical (unpaired) electrons. The fourth-order valence-corrected chi connectivity index (χ4v) is 1.29. The maximum absolute atomic E-state index is 8.76. The van der Waals surface area contributed by atoms with E-state index in [1.165, 1.54) is 0 Å². The summed E-state index contributed by atoms with van der Waals surface area (Å²) < 4.78 is 0. The highest BCUT2D eigenvalue weighted by Gasteiger charge is 2.05. The Balaban J connectivity index is 2.56. The van der Waals surface area contributed by atoms with Crippen molar-refractivity contribution < 1.29 is 5.11 Å². The number of hydrogen-bond donors (Lipinski definition) is 3. The minimum absolute atomic E-state index is 0.150. The number of aromatic nitrogens is 3. The molecule has 0 aliphatic rings. The number of nitrogens with one attached hydrogen (secondary N) is 2. The molecule has 0 saturated heterocycles. The van der Waals surface area contributed by atoms with Crippen molar-refractivity contribution in [1.29, 1.82) is 0 Å². The molecule has 1 heterocycles. The van der Waals surface area contributed by atoms with Crippen LogP contribution in [-0.4, -0.2) is 40.3 Å². The molecule has 0 amide bonds. The van der Waals surface area contributed by atoms with Crippen molar-refractivity contribution in [2.75, 3.05) is 30.8 Å². The third-order valence-electron chi connectivity index (χ3n) is 2.06. The molecule has 0 aromatic carbocycles. The summed E-state index contributed by atoms with van der Waals surface area (Å²) in [6.07, 6.45) is 0.741. The summed E-state index contributed by atoms with van der Waals surface area (Å²) in [5.74, 6) is 1.21. The first-order valence-electron chi connectivity index (χ1n) is 5.09. The largest absolute Gasteiger partial charge is 0.396 e. The van der Waals surface area contributed by atoms with Gasteiger partial charge in [0.2, 0.25) is 17.2 Å². The highest BCUT2D eigenvalue weighted by Crippen LogP contribution is 2.10. The Kier molecular flexibility index (Phi) is 5.21. The Hall–Kier alpha value is -1.14. The molecule has 0 bridgehead atoms. The van der Waals surface area contributed by atoms with Crippen molar-refractivity contribution in [3.8, 4) is 0 Å². The second-order valence-electron chi connectivity index (χ2n) is 3.50. The number of aliphatic hydroxyl groups excluding tert-OH is 1. The van der Waals surface area contributed by atoms with Gasteiger partial charge >= 0.3 is 0 Å². The van der Waals surface area contributed by atoms with Crippen LogP contribution >= 0.6 is 11.6 Å². The van der Waals surface area contributed by atoms with Crippen LogP contribution in [0.1, 0.15) is 13.3 Å². The zero-order valence-electron chi connectivity index (χ0n) is 9.37. The van der Waals surface area contributed by atoms with Gasteiger partial charge in [-0.2, -0.15) is 15.0 Å². The molecule has 3 N–H and O–H groups in total. The minimum Gasteiger partial charge on any atom is -0.396 e. The van der Waals surface area contributed by atoms with E-state index in [2.05, 4.69) is 25.6 Å². The number of anilines is 2. The van der Waals surface area contributed by atoms with Crippen molar-refractivity contribution in [2.45, 2.75) is 13.3 Å². The third kappa shape index (κ3) is 4.16.